The van der Waals surface area contributed by atoms with Crippen LogP contribution in [0.5, 0.6) is 0 Å². The summed E-state index contributed by atoms with van der Waals surface area (Å²) in [6.07, 6.45) is 1.64. The molecule has 0 saturated carbocycles. The molecule has 0 amide bonds. The summed E-state index contributed by atoms with van der Waals surface area (Å²) in [5.74, 6) is 1.30. The van der Waals surface area contributed by atoms with Gasteiger partial charge >= 0.3 is 0 Å². The van der Waals surface area contributed by atoms with Crippen molar-refractivity contribution in [2.45, 2.75) is 0 Å². The highest BCUT2D eigenvalue weighted by molar-refractivity contribution is 9.10. The number of halogens is 1. The molecule has 13 heavy (non-hydrogen) atoms. The second kappa shape index (κ2) is 3.43. The molecule has 0 bridgehead atoms. The van der Waals surface area contributed by atoms with Crippen molar-refractivity contribution in [1.82, 2.24) is 9.97 Å². The van der Waals surface area contributed by atoms with Crippen LogP contribution in [-0.4, -0.2) is 9.97 Å². The molecular formula is C8H5BrN2OS. The number of aromatic nitrogens is 2. The van der Waals surface area contributed by atoms with Crippen LogP contribution < -0.4 is 0 Å². The van der Waals surface area contributed by atoms with Crippen LogP contribution in [0.4, 0.5) is 0 Å². The molecule has 0 aromatic carbocycles. The van der Waals surface area contributed by atoms with Crippen molar-refractivity contribution in [3.8, 4) is 11.6 Å². The van der Waals surface area contributed by atoms with Crippen molar-refractivity contribution in [3.05, 3.63) is 33.7 Å². The first-order valence-corrected chi connectivity index (χ1v) is 4.77. The van der Waals surface area contributed by atoms with Crippen molar-refractivity contribution in [2.24, 2.45) is 0 Å². The van der Waals surface area contributed by atoms with Crippen LogP contribution in [0, 0.1) is 4.64 Å². The van der Waals surface area contributed by atoms with Gasteiger partial charge in [-0.05, 0) is 34.1 Å². The van der Waals surface area contributed by atoms with Gasteiger partial charge in [-0.15, -0.1) is 0 Å². The molecule has 2 rings (SSSR count). The van der Waals surface area contributed by atoms with Crippen LogP contribution in [0.3, 0.4) is 0 Å². The Bertz CT molecular complexity index is 477. The minimum atomic E-state index is 0.637. The lowest BCUT2D eigenvalue weighted by atomic mass is 10.4. The summed E-state index contributed by atoms with van der Waals surface area (Å²) in [6, 6.07) is 5.34. The second-order valence-electron chi connectivity index (χ2n) is 2.39. The number of nitrogens with zero attached hydrogens (tertiary/aromatic N) is 1. The molecule has 66 valence electrons. The molecule has 2 heterocycles. The topological polar surface area (TPSA) is 41.8 Å². The molecule has 1 N–H and O–H groups in total. The normalized spacial score (nSPS) is 10.2. The summed E-state index contributed by atoms with van der Waals surface area (Å²) in [6.45, 7) is 0. The van der Waals surface area contributed by atoms with E-state index in [-0.39, 0.29) is 0 Å². The van der Waals surface area contributed by atoms with Gasteiger partial charge in [0.1, 0.15) is 4.64 Å². The third-order valence-electron chi connectivity index (χ3n) is 1.48. The predicted octanol–water partition coefficient (Wildman–Crippen LogP) is 3.16. The zero-order chi connectivity index (χ0) is 9.26. The predicted molar refractivity (Wildman–Crippen MR) is 54.8 cm³/mol. The highest BCUT2D eigenvalue weighted by Gasteiger charge is 2.03. The van der Waals surface area contributed by atoms with E-state index in [2.05, 4.69) is 25.9 Å². The number of rotatable bonds is 1. The molecule has 0 unspecified atom stereocenters. The maximum absolute atomic E-state index is 5.30. The van der Waals surface area contributed by atoms with E-state index in [0.29, 0.717) is 20.9 Å². The van der Waals surface area contributed by atoms with Crippen molar-refractivity contribution >= 4 is 28.1 Å². The van der Waals surface area contributed by atoms with Gasteiger partial charge in [-0.2, -0.15) is 0 Å². The van der Waals surface area contributed by atoms with Crippen molar-refractivity contribution in [1.29, 1.82) is 0 Å². The van der Waals surface area contributed by atoms with Gasteiger partial charge in [0.05, 0.1) is 0 Å². The number of hydrogen-bond acceptors (Lipinski definition) is 3. The quantitative estimate of drug-likeness (QED) is 0.798. The first-order valence-electron chi connectivity index (χ1n) is 3.57. The average molecular weight is 257 g/mol. The van der Waals surface area contributed by atoms with E-state index in [4.69, 9.17) is 16.6 Å². The molecule has 0 aliphatic rings. The smallest absolute Gasteiger partial charge is 0.174 e. The van der Waals surface area contributed by atoms with Gasteiger partial charge < -0.3 is 9.40 Å². The van der Waals surface area contributed by atoms with Crippen molar-refractivity contribution in [3.63, 3.8) is 0 Å². The number of H-pyrrole nitrogens is 1. The zero-order valence-corrected chi connectivity index (χ0v) is 8.85. The van der Waals surface area contributed by atoms with Gasteiger partial charge in [0.25, 0.3) is 0 Å². The maximum atomic E-state index is 5.30. The fraction of sp³-hybridized carbons (Fsp3) is 0. The van der Waals surface area contributed by atoms with E-state index in [0.717, 1.165) is 0 Å². The summed E-state index contributed by atoms with van der Waals surface area (Å²) in [5.41, 5.74) is 0. The van der Waals surface area contributed by atoms with Crippen LogP contribution in [0.1, 0.15) is 0 Å². The highest BCUT2D eigenvalue weighted by Crippen LogP contribution is 2.21. The Labute approximate surface area is 87.9 Å². The van der Waals surface area contributed by atoms with Gasteiger partial charge in [-0.1, -0.05) is 12.2 Å². The molecular weight excluding hydrogens is 252 g/mol. The molecule has 0 fully saturated rings. The minimum Gasteiger partial charge on any atom is -0.446 e. The van der Waals surface area contributed by atoms with Crippen LogP contribution in [0.2, 0.25) is 0 Å². The highest BCUT2D eigenvalue weighted by atomic mass is 79.9. The Morgan fingerprint density at radius 3 is 2.85 bits per heavy atom. The Kier molecular flexibility index (Phi) is 2.28. The Morgan fingerprint density at radius 2 is 2.23 bits per heavy atom. The Hall–Kier alpha value is -0.940. The fourth-order valence-corrected chi connectivity index (χ4v) is 1.40. The maximum Gasteiger partial charge on any atom is 0.174 e. The Balaban J connectivity index is 2.52. The fourth-order valence-electron chi connectivity index (χ4n) is 0.937. The molecule has 5 heteroatoms. The average Bonchev–Trinajstić information content (AvgIpc) is 2.52. The summed E-state index contributed by atoms with van der Waals surface area (Å²) >= 11 is 8.17. The van der Waals surface area contributed by atoms with Gasteiger partial charge in [-0.25, -0.2) is 4.98 Å². The van der Waals surface area contributed by atoms with Gasteiger partial charge in [0, 0.05) is 6.20 Å². The van der Waals surface area contributed by atoms with E-state index in [1.807, 2.05) is 6.07 Å². The van der Waals surface area contributed by atoms with E-state index in [1.165, 1.54) is 0 Å². The minimum absolute atomic E-state index is 0.637. The van der Waals surface area contributed by atoms with Crippen molar-refractivity contribution in [2.75, 3.05) is 0 Å². The van der Waals surface area contributed by atoms with Crippen LogP contribution >= 0.6 is 28.1 Å². The monoisotopic (exact) mass is 256 g/mol. The molecule has 0 saturated heterocycles. The van der Waals surface area contributed by atoms with E-state index in [1.54, 1.807) is 18.3 Å². The number of furan rings is 1. The van der Waals surface area contributed by atoms with Gasteiger partial charge in [-0.3, -0.25) is 0 Å². The number of hydrogen-bond donors (Lipinski definition) is 1. The molecule has 0 atom stereocenters. The molecule has 2 aromatic heterocycles. The summed E-state index contributed by atoms with van der Waals surface area (Å²) in [4.78, 5) is 7.01. The standard InChI is InChI=1S/C8H5BrN2OS/c9-6-2-1-5(12-6)8-10-4-3-7(13)11-8/h1-4H,(H,10,11,13). The van der Waals surface area contributed by atoms with Crippen LogP contribution in [-0.2, 0) is 0 Å². The molecule has 3 nitrogen and oxygen atoms in total. The van der Waals surface area contributed by atoms with Crippen LogP contribution in [0.15, 0.2) is 33.5 Å². The Morgan fingerprint density at radius 1 is 1.38 bits per heavy atom. The molecule has 2 aromatic rings. The molecule has 0 radical (unpaired) electrons. The number of aromatic amines is 1. The number of nitrogens with one attached hydrogen (secondary N) is 1. The molecule has 0 aliphatic heterocycles. The molecule has 0 aliphatic carbocycles. The third kappa shape index (κ3) is 1.87. The van der Waals surface area contributed by atoms with E-state index in [9.17, 15) is 0 Å². The zero-order valence-electron chi connectivity index (χ0n) is 6.45. The van der Waals surface area contributed by atoms with E-state index >= 15 is 0 Å². The molecule has 0 spiro atoms. The van der Waals surface area contributed by atoms with Crippen LogP contribution in [0.25, 0.3) is 11.6 Å². The summed E-state index contributed by atoms with van der Waals surface area (Å²) in [7, 11) is 0. The van der Waals surface area contributed by atoms with Gasteiger partial charge in [0.15, 0.2) is 16.3 Å². The lowest BCUT2D eigenvalue weighted by molar-refractivity contribution is 0.551. The SMILES string of the molecule is S=c1ccnc(-c2ccc(Br)o2)[nH]1. The lowest BCUT2D eigenvalue weighted by Gasteiger charge is -1.94. The van der Waals surface area contributed by atoms with Crippen molar-refractivity contribution < 1.29 is 4.42 Å². The van der Waals surface area contributed by atoms with Gasteiger partial charge in [0.2, 0.25) is 0 Å². The second-order valence-corrected chi connectivity index (χ2v) is 3.61. The first-order chi connectivity index (χ1) is 6.25. The lowest BCUT2D eigenvalue weighted by Crippen LogP contribution is -1.85. The van der Waals surface area contributed by atoms with E-state index < -0.39 is 0 Å². The first kappa shape index (κ1) is 8.65. The largest absolute Gasteiger partial charge is 0.446 e. The third-order valence-corrected chi connectivity index (χ3v) is 2.14. The summed E-state index contributed by atoms with van der Waals surface area (Å²) in [5, 5.41) is 0. The summed E-state index contributed by atoms with van der Waals surface area (Å²) < 4.78 is 6.61.